The van der Waals surface area contributed by atoms with Crippen molar-refractivity contribution in [2.45, 2.75) is 40.2 Å². The van der Waals surface area contributed by atoms with E-state index in [2.05, 4.69) is 25.7 Å². The molecule has 0 unspecified atom stereocenters. The number of rotatable bonds is 6. The first-order valence-corrected chi connectivity index (χ1v) is 5.35. The summed E-state index contributed by atoms with van der Waals surface area (Å²) in [6.07, 6.45) is 0. The Hall–Kier alpha value is -0.120. The molecule has 14 heavy (non-hydrogen) atoms. The molecule has 0 rings (SSSR count). The summed E-state index contributed by atoms with van der Waals surface area (Å²) in [6, 6.07) is 0. The zero-order valence-corrected chi connectivity index (χ0v) is 10.3. The van der Waals surface area contributed by atoms with E-state index in [0.29, 0.717) is 13.1 Å². The molecule has 3 heteroatoms. The Kier molecular flexibility index (Phi) is 5.06. The number of hydrogen-bond donors (Lipinski definition) is 2. The van der Waals surface area contributed by atoms with E-state index in [4.69, 9.17) is 5.73 Å². The molecule has 0 saturated carbocycles. The van der Waals surface area contributed by atoms with Gasteiger partial charge in [0, 0.05) is 13.1 Å². The van der Waals surface area contributed by atoms with Crippen LogP contribution in [0.4, 0.5) is 0 Å². The van der Waals surface area contributed by atoms with Crippen LogP contribution in [0.15, 0.2) is 0 Å². The maximum absolute atomic E-state index is 9.72. The fraction of sp³-hybridized carbons (Fsp3) is 1.00. The van der Waals surface area contributed by atoms with Crippen molar-refractivity contribution in [1.29, 1.82) is 0 Å². The first-order chi connectivity index (χ1) is 6.20. The van der Waals surface area contributed by atoms with E-state index in [0.717, 1.165) is 13.1 Å². The lowest BCUT2D eigenvalue weighted by molar-refractivity contribution is 0.0268. The highest BCUT2D eigenvalue weighted by atomic mass is 16.3. The lowest BCUT2D eigenvalue weighted by atomic mass is 9.92. The van der Waals surface area contributed by atoms with E-state index in [-0.39, 0.29) is 5.41 Å². The van der Waals surface area contributed by atoms with Gasteiger partial charge in [-0.05, 0) is 32.4 Å². The van der Waals surface area contributed by atoms with Crippen molar-refractivity contribution in [3.63, 3.8) is 0 Å². The third kappa shape index (κ3) is 6.35. The van der Waals surface area contributed by atoms with Crippen molar-refractivity contribution in [1.82, 2.24) is 4.90 Å². The molecule has 0 heterocycles. The summed E-state index contributed by atoms with van der Waals surface area (Å²) >= 11 is 0. The van der Waals surface area contributed by atoms with E-state index < -0.39 is 5.60 Å². The quantitative estimate of drug-likeness (QED) is 0.677. The van der Waals surface area contributed by atoms with Gasteiger partial charge in [-0.25, -0.2) is 0 Å². The Balaban J connectivity index is 4.17. The third-order valence-electron chi connectivity index (χ3n) is 2.26. The van der Waals surface area contributed by atoms with Gasteiger partial charge in [-0.15, -0.1) is 0 Å². The van der Waals surface area contributed by atoms with Crippen molar-refractivity contribution in [3.05, 3.63) is 0 Å². The van der Waals surface area contributed by atoms with Gasteiger partial charge in [-0.1, -0.05) is 20.8 Å². The molecule has 0 saturated heterocycles. The standard InChI is InChI=1S/C11H26N2O/c1-6-13(9-11(4,5)14)8-10(2,3)7-12/h14H,6-9,12H2,1-5H3. The summed E-state index contributed by atoms with van der Waals surface area (Å²) in [5.74, 6) is 0. The third-order valence-corrected chi connectivity index (χ3v) is 2.26. The lowest BCUT2D eigenvalue weighted by Crippen LogP contribution is -2.44. The summed E-state index contributed by atoms with van der Waals surface area (Å²) in [6.45, 7) is 13.4. The SMILES string of the molecule is CCN(CC(C)(C)O)CC(C)(C)CN. The monoisotopic (exact) mass is 202 g/mol. The summed E-state index contributed by atoms with van der Waals surface area (Å²) in [5, 5.41) is 9.72. The van der Waals surface area contributed by atoms with Gasteiger partial charge in [0.05, 0.1) is 5.60 Å². The molecule has 0 spiro atoms. The van der Waals surface area contributed by atoms with Crippen LogP contribution in [0, 0.1) is 5.41 Å². The number of nitrogens with two attached hydrogens (primary N) is 1. The van der Waals surface area contributed by atoms with E-state index in [1.54, 1.807) is 0 Å². The van der Waals surface area contributed by atoms with Crippen LogP contribution in [-0.2, 0) is 0 Å². The zero-order valence-electron chi connectivity index (χ0n) is 10.3. The molecule has 3 N–H and O–H groups in total. The van der Waals surface area contributed by atoms with Crippen molar-refractivity contribution < 1.29 is 5.11 Å². The largest absolute Gasteiger partial charge is 0.389 e. The summed E-state index contributed by atoms with van der Waals surface area (Å²) in [5.41, 5.74) is 5.19. The normalized spacial score (nSPS) is 13.7. The molecule has 3 nitrogen and oxygen atoms in total. The highest BCUT2D eigenvalue weighted by Gasteiger charge is 2.23. The molecule has 0 amide bonds. The zero-order chi connectivity index (χ0) is 11.4. The van der Waals surface area contributed by atoms with Gasteiger partial charge in [0.25, 0.3) is 0 Å². The molecule has 0 aliphatic heterocycles. The molecule has 86 valence electrons. The van der Waals surface area contributed by atoms with E-state index in [9.17, 15) is 5.11 Å². The van der Waals surface area contributed by atoms with Crippen LogP contribution in [0.25, 0.3) is 0 Å². The van der Waals surface area contributed by atoms with Crippen LogP contribution in [0.1, 0.15) is 34.6 Å². The predicted molar refractivity (Wildman–Crippen MR) is 61.2 cm³/mol. The van der Waals surface area contributed by atoms with Crippen LogP contribution in [0.5, 0.6) is 0 Å². The highest BCUT2D eigenvalue weighted by molar-refractivity contribution is 4.78. The van der Waals surface area contributed by atoms with Gasteiger partial charge in [0.2, 0.25) is 0 Å². The Morgan fingerprint density at radius 3 is 1.93 bits per heavy atom. The first kappa shape index (κ1) is 13.9. The number of likely N-dealkylation sites (N-methyl/N-ethyl adjacent to an activating group) is 1. The van der Waals surface area contributed by atoms with Crippen LogP contribution >= 0.6 is 0 Å². The Labute approximate surface area is 88.3 Å². The summed E-state index contributed by atoms with van der Waals surface area (Å²) in [7, 11) is 0. The molecule has 0 aliphatic rings. The van der Waals surface area contributed by atoms with Crippen LogP contribution in [0.3, 0.4) is 0 Å². The minimum atomic E-state index is -0.624. The molecular weight excluding hydrogens is 176 g/mol. The smallest absolute Gasteiger partial charge is 0.0718 e. The van der Waals surface area contributed by atoms with Crippen LogP contribution < -0.4 is 5.73 Å². The van der Waals surface area contributed by atoms with Gasteiger partial charge >= 0.3 is 0 Å². The second kappa shape index (κ2) is 5.10. The summed E-state index contributed by atoms with van der Waals surface area (Å²) < 4.78 is 0. The molecule has 0 aromatic carbocycles. The van der Waals surface area contributed by atoms with Gasteiger partial charge in [0.1, 0.15) is 0 Å². The van der Waals surface area contributed by atoms with Crippen molar-refractivity contribution in [2.24, 2.45) is 11.1 Å². The van der Waals surface area contributed by atoms with E-state index in [1.807, 2.05) is 13.8 Å². The molecule has 0 radical (unpaired) electrons. The Bertz CT molecular complexity index is 161. The average Bonchev–Trinajstić information content (AvgIpc) is 2.00. The number of hydrogen-bond acceptors (Lipinski definition) is 3. The minimum absolute atomic E-state index is 0.126. The maximum Gasteiger partial charge on any atom is 0.0718 e. The summed E-state index contributed by atoms with van der Waals surface area (Å²) in [4.78, 5) is 2.24. The maximum atomic E-state index is 9.72. The van der Waals surface area contributed by atoms with Crippen LogP contribution in [0.2, 0.25) is 0 Å². The highest BCUT2D eigenvalue weighted by Crippen LogP contribution is 2.16. The lowest BCUT2D eigenvalue weighted by Gasteiger charge is -2.34. The van der Waals surface area contributed by atoms with Crippen molar-refractivity contribution in [2.75, 3.05) is 26.2 Å². The predicted octanol–water partition coefficient (Wildman–Crippen LogP) is 1.06. The van der Waals surface area contributed by atoms with E-state index in [1.165, 1.54) is 0 Å². The number of nitrogens with zero attached hydrogens (tertiary/aromatic N) is 1. The van der Waals surface area contributed by atoms with Crippen LogP contribution in [-0.4, -0.2) is 41.8 Å². The second-order valence-electron chi connectivity index (χ2n) is 5.48. The van der Waals surface area contributed by atoms with Gasteiger partial charge in [0.15, 0.2) is 0 Å². The second-order valence-corrected chi connectivity index (χ2v) is 5.48. The molecule has 0 aromatic rings. The van der Waals surface area contributed by atoms with E-state index >= 15 is 0 Å². The van der Waals surface area contributed by atoms with Gasteiger partial charge in [-0.3, -0.25) is 0 Å². The molecular formula is C11H26N2O. The van der Waals surface area contributed by atoms with Crippen molar-refractivity contribution in [3.8, 4) is 0 Å². The number of aliphatic hydroxyl groups is 1. The average molecular weight is 202 g/mol. The molecule has 0 aromatic heterocycles. The minimum Gasteiger partial charge on any atom is -0.389 e. The topological polar surface area (TPSA) is 49.5 Å². The fourth-order valence-corrected chi connectivity index (χ4v) is 1.50. The van der Waals surface area contributed by atoms with Gasteiger partial charge < -0.3 is 15.7 Å². The molecule has 0 atom stereocenters. The van der Waals surface area contributed by atoms with Crippen molar-refractivity contribution >= 4 is 0 Å². The molecule has 0 fully saturated rings. The Morgan fingerprint density at radius 2 is 1.64 bits per heavy atom. The first-order valence-electron chi connectivity index (χ1n) is 5.35. The molecule has 0 bridgehead atoms. The fourth-order valence-electron chi connectivity index (χ4n) is 1.50. The van der Waals surface area contributed by atoms with Gasteiger partial charge in [-0.2, -0.15) is 0 Å². The molecule has 0 aliphatic carbocycles. The Morgan fingerprint density at radius 1 is 1.14 bits per heavy atom.